The van der Waals surface area contributed by atoms with E-state index in [2.05, 4.69) is 6.07 Å². The molecular weight excluding hydrogens is 368 g/mol. The molecule has 1 aromatic heterocycles. The molecule has 4 rings (SSSR count). The Morgan fingerprint density at radius 1 is 1.14 bits per heavy atom. The van der Waals surface area contributed by atoms with Crippen molar-refractivity contribution in [3.8, 4) is 5.75 Å². The van der Waals surface area contributed by atoms with Crippen LogP contribution < -0.4 is 10.5 Å². The first-order valence-electron chi connectivity index (χ1n) is 9.43. The van der Waals surface area contributed by atoms with Gasteiger partial charge in [-0.15, -0.1) is 0 Å². The average Bonchev–Trinajstić information content (AvgIpc) is 3.19. The van der Waals surface area contributed by atoms with Gasteiger partial charge in [0.25, 0.3) is 5.91 Å². The summed E-state index contributed by atoms with van der Waals surface area (Å²) in [4.78, 5) is 26.7. The number of hydrogen-bond acceptors (Lipinski definition) is 4. The molecular formula is C23H22N2O4. The lowest BCUT2D eigenvalue weighted by atomic mass is 9.89. The standard InChI is InChI=1S/C23H22N2O4/c1-28-18-8-7-16-12-20(15-5-3-2-4-6-15)25(14-17(16)11-18)23(27)19-9-10-29-21(19)13-22(24)26/h2-11,20H,12-14H2,1H3,(H2,24,26). The van der Waals surface area contributed by atoms with Crippen molar-refractivity contribution in [2.24, 2.45) is 5.73 Å². The molecule has 0 radical (unpaired) electrons. The van der Waals surface area contributed by atoms with Gasteiger partial charge in [-0.1, -0.05) is 36.4 Å². The molecule has 6 nitrogen and oxygen atoms in total. The SMILES string of the molecule is COc1ccc2c(c1)CN(C(=O)c1ccoc1CC(N)=O)C(c1ccccc1)C2. The summed E-state index contributed by atoms with van der Waals surface area (Å²) in [6.07, 6.45) is 2.00. The van der Waals surface area contributed by atoms with Crippen molar-refractivity contribution in [3.63, 3.8) is 0 Å². The number of fused-ring (bicyclic) bond motifs is 1. The van der Waals surface area contributed by atoms with Crippen molar-refractivity contribution >= 4 is 11.8 Å². The van der Waals surface area contributed by atoms with Gasteiger partial charge in [-0.25, -0.2) is 0 Å². The highest BCUT2D eigenvalue weighted by atomic mass is 16.5. The number of methoxy groups -OCH3 is 1. The fourth-order valence-corrected chi connectivity index (χ4v) is 3.86. The molecule has 29 heavy (non-hydrogen) atoms. The molecule has 3 aromatic rings. The van der Waals surface area contributed by atoms with Gasteiger partial charge in [0.2, 0.25) is 5.91 Å². The summed E-state index contributed by atoms with van der Waals surface area (Å²) < 4.78 is 10.7. The van der Waals surface area contributed by atoms with E-state index in [0.29, 0.717) is 24.3 Å². The molecule has 0 aliphatic carbocycles. The van der Waals surface area contributed by atoms with Gasteiger partial charge in [-0.3, -0.25) is 9.59 Å². The Morgan fingerprint density at radius 2 is 1.93 bits per heavy atom. The van der Waals surface area contributed by atoms with Crippen molar-refractivity contribution in [2.45, 2.75) is 25.4 Å². The zero-order valence-electron chi connectivity index (χ0n) is 16.1. The average molecular weight is 390 g/mol. The highest BCUT2D eigenvalue weighted by molar-refractivity contribution is 5.96. The van der Waals surface area contributed by atoms with E-state index in [1.165, 1.54) is 11.8 Å². The minimum absolute atomic E-state index is 0.109. The van der Waals surface area contributed by atoms with Gasteiger partial charge in [0.05, 0.1) is 31.4 Å². The van der Waals surface area contributed by atoms with Crippen LogP contribution >= 0.6 is 0 Å². The zero-order chi connectivity index (χ0) is 20.4. The summed E-state index contributed by atoms with van der Waals surface area (Å²) in [5, 5.41) is 0. The molecule has 0 saturated heterocycles. The molecule has 1 aliphatic heterocycles. The summed E-state index contributed by atoms with van der Waals surface area (Å²) >= 11 is 0. The highest BCUT2D eigenvalue weighted by Crippen LogP contribution is 2.36. The van der Waals surface area contributed by atoms with Gasteiger partial charge < -0.3 is 19.8 Å². The Hall–Kier alpha value is -3.54. The van der Waals surface area contributed by atoms with E-state index in [9.17, 15) is 9.59 Å². The van der Waals surface area contributed by atoms with E-state index >= 15 is 0 Å². The van der Waals surface area contributed by atoms with Crippen molar-refractivity contribution in [2.75, 3.05) is 7.11 Å². The van der Waals surface area contributed by atoms with E-state index in [1.807, 2.05) is 47.4 Å². The van der Waals surface area contributed by atoms with Crippen LogP contribution in [0.2, 0.25) is 0 Å². The van der Waals surface area contributed by atoms with Crippen LogP contribution in [-0.2, 0) is 24.2 Å². The number of hydrogen-bond donors (Lipinski definition) is 1. The maximum Gasteiger partial charge on any atom is 0.258 e. The molecule has 0 saturated carbocycles. The zero-order valence-corrected chi connectivity index (χ0v) is 16.1. The second-order valence-corrected chi connectivity index (χ2v) is 7.10. The summed E-state index contributed by atoms with van der Waals surface area (Å²) in [6.45, 7) is 0.437. The van der Waals surface area contributed by atoms with Gasteiger partial charge in [-0.2, -0.15) is 0 Å². The predicted molar refractivity (Wildman–Crippen MR) is 107 cm³/mol. The molecule has 2 N–H and O–H groups in total. The molecule has 1 unspecified atom stereocenters. The fourth-order valence-electron chi connectivity index (χ4n) is 3.86. The lowest BCUT2D eigenvalue weighted by Gasteiger charge is -2.37. The Bertz CT molecular complexity index is 1040. The lowest BCUT2D eigenvalue weighted by Crippen LogP contribution is -2.39. The van der Waals surface area contributed by atoms with Gasteiger partial charge in [0.15, 0.2) is 0 Å². The molecule has 6 heteroatoms. The number of benzene rings is 2. The summed E-state index contributed by atoms with van der Waals surface area (Å²) in [5.41, 5.74) is 8.97. The minimum Gasteiger partial charge on any atom is -0.497 e. The van der Waals surface area contributed by atoms with E-state index in [1.54, 1.807) is 13.2 Å². The van der Waals surface area contributed by atoms with Gasteiger partial charge in [0, 0.05) is 6.54 Å². The van der Waals surface area contributed by atoms with Gasteiger partial charge >= 0.3 is 0 Å². The second-order valence-electron chi connectivity index (χ2n) is 7.10. The Kier molecular flexibility index (Phi) is 5.08. The van der Waals surface area contributed by atoms with Crippen molar-refractivity contribution in [3.05, 3.63) is 88.9 Å². The first-order valence-corrected chi connectivity index (χ1v) is 9.43. The Labute approximate surface area is 168 Å². The number of carbonyl (C=O) groups is 2. The van der Waals surface area contributed by atoms with Crippen molar-refractivity contribution < 1.29 is 18.7 Å². The van der Waals surface area contributed by atoms with Gasteiger partial charge in [0.1, 0.15) is 11.5 Å². The number of ether oxygens (including phenoxy) is 1. The largest absolute Gasteiger partial charge is 0.497 e. The van der Waals surface area contributed by atoms with Crippen LogP contribution in [0.25, 0.3) is 0 Å². The molecule has 1 atom stereocenters. The molecule has 0 fully saturated rings. The number of nitrogens with two attached hydrogens (primary N) is 1. The predicted octanol–water partition coefficient (Wildman–Crippen LogP) is 3.26. The van der Waals surface area contributed by atoms with E-state index < -0.39 is 5.91 Å². The quantitative estimate of drug-likeness (QED) is 0.725. The smallest absolute Gasteiger partial charge is 0.258 e. The van der Waals surface area contributed by atoms with Crippen LogP contribution in [-0.4, -0.2) is 23.8 Å². The summed E-state index contributed by atoms with van der Waals surface area (Å²) in [6, 6.07) is 17.4. The first-order chi connectivity index (χ1) is 14.1. The molecule has 0 spiro atoms. The third-order valence-corrected chi connectivity index (χ3v) is 5.30. The third-order valence-electron chi connectivity index (χ3n) is 5.30. The molecule has 148 valence electrons. The Balaban J connectivity index is 1.74. The summed E-state index contributed by atoms with van der Waals surface area (Å²) in [5.74, 6) is 0.331. The van der Waals surface area contributed by atoms with E-state index in [-0.39, 0.29) is 18.4 Å². The number of rotatable bonds is 5. The van der Waals surface area contributed by atoms with Crippen LogP contribution in [0.5, 0.6) is 5.75 Å². The van der Waals surface area contributed by atoms with Crippen molar-refractivity contribution in [1.82, 2.24) is 4.90 Å². The first kappa shape index (κ1) is 18.8. The summed E-state index contributed by atoms with van der Waals surface area (Å²) in [7, 11) is 1.63. The lowest BCUT2D eigenvalue weighted by molar-refractivity contribution is -0.117. The highest BCUT2D eigenvalue weighted by Gasteiger charge is 2.33. The number of nitrogens with zero attached hydrogens (tertiary/aromatic N) is 1. The van der Waals surface area contributed by atoms with E-state index in [0.717, 1.165) is 16.9 Å². The van der Waals surface area contributed by atoms with Crippen LogP contribution in [0.4, 0.5) is 0 Å². The number of primary amides is 1. The number of amides is 2. The molecule has 2 aromatic carbocycles. The second kappa shape index (κ2) is 7.83. The molecule has 2 amide bonds. The maximum absolute atomic E-state index is 13.5. The molecule has 1 aliphatic rings. The number of carbonyl (C=O) groups excluding carboxylic acids is 2. The van der Waals surface area contributed by atoms with Crippen LogP contribution in [0.3, 0.4) is 0 Å². The van der Waals surface area contributed by atoms with E-state index in [4.69, 9.17) is 14.9 Å². The molecule has 0 bridgehead atoms. The monoisotopic (exact) mass is 390 g/mol. The topological polar surface area (TPSA) is 85.8 Å². The van der Waals surface area contributed by atoms with Crippen LogP contribution in [0, 0.1) is 0 Å². The van der Waals surface area contributed by atoms with Crippen LogP contribution in [0.1, 0.15) is 38.9 Å². The van der Waals surface area contributed by atoms with Crippen LogP contribution in [0.15, 0.2) is 65.3 Å². The minimum atomic E-state index is -0.540. The van der Waals surface area contributed by atoms with Crippen molar-refractivity contribution in [1.29, 1.82) is 0 Å². The fraction of sp³-hybridized carbons (Fsp3) is 0.217. The Morgan fingerprint density at radius 3 is 2.66 bits per heavy atom. The maximum atomic E-state index is 13.5. The third kappa shape index (κ3) is 3.74. The van der Waals surface area contributed by atoms with Gasteiger partial charge in [-0.05, 0) is 41.3 Å². The number of furan rings is 1. The normalized spacial score (nSPS) is 15.6. The molecule has 2 heterocycles.